The number of ether oxygens (including phenoxy) is 2. The van der Waals surface area contributed by atoms with E-state index in [0.717, 1.165) is 11.5 Å². The van der Waals surface area contributed by atoms with E-state index >= 15 is 0 Å². The van der Waals surface area contributed by atoms with Crippen LogP contribution in [-0.4, -0.2) is 75.8 Å². The lowest BCUT2D eigenvalue weighted by Gasteiger charge is -2.34. The Morgan fingerprint density at radius 2 is 1.63 bits per heavy atom. The molecule has 0 atom stereocenters. The van der Waals surface area contributed by atoms with Crippen LogP contribution in [-0.2, 0) is 23.7 Å². The Bertz CT molecular complexity index is 1260. The molecule has 11 heteroatoms. The summed E-state index contributed by atoms with van der Waals surface area (Å²) < 4.78 is 13.9. The van der Waals surface area contributed by atoms with Gasteiger partial charge in [-0.1, -0.05) is 0 Å². The van der Waals surface area contributed by atoms with E-state index < -0.39 is 0 Å². The molecule has 1 aliphatic heterocycles. The maximum absolute atomic E-state index is 12.6. The summed E-state index contributed by atoms with van der Waals surface area (Å²) in [5.74, 6) is 1.54. The number of rotatable bonds is 8. The first-order valence-electron chi connectivity index (χ1n) is 11.4. The van der Waals surface area contributed by atoms with Crippen LogP contribution in [0.15, 0.2) is 41.2 Å². The molecule has 0 spiro atoms. The standard InChI is InChI=1S/C24H30N6O5/c1-27-19-8-9-20(26-23(19)28(2)24(27)33)25-21(31)10-11-22(32)30-14-12-29(13-15-30)16-35-18-6-4-17(34-3)5-7-18/h4-9H,10-16H2,1-3H3,(H,25,26,31). The summed E-state index contributed by atoms with van der Waals surface area (Å²) in [7, 11) is 4.92. The molecule has 11 nitrogen and oxygen atoms in total. The maximum Gasteiger partial charge on any atom is 0.329 e. The van der Waals surface area contributed by atoms with E-state index in [1.165, 1.54) is 9.13 Å². The molecule has 1 N–H and O–H groups in total. The highest BCUT2D eigenvalue weighted by molar-refractivity contribution is 5.93. The fourth-order valence-electron chi connectivity index (χ4n) is 3.99. The number of aromatic nitrogens is 3. The minimum Gasteiger partial charge on any atom is -0.497 e. The van der Waals surface area contributed by atoms with Crippen LogP contribution in [0.3, 0.4) is 0 Å². The van der Waals surface area contributed by atoms with E-state index in [9.17, 15) is 14.4 Å². The highest BCUT2D eigenvalue weighted by Gasteiger charge is 2.22. The first-order valence-corrected chi connectivity index (χ1v) is 11.4. The van der Waals surface area contributed by atoms with Crippen molar-refractivity contribution < 1.29 is 19.1 Å². The summed E-state index contributed by atoms with van der Waals surface area (Å²) in [4.78, 5) is 45.3. The Morgan fingerprint density at radius 1 is 0.943 bits per heavy atom. The largest absolute Gasteiger partial charge is 0.497 e. The van der Waals surface area contributed by atoms with Crippen LogP contribution < -0.4 is 20.5 Å². The van der Waals surface area contributed by atoms with Crippen LogP contribution in [0.1, 0.15) is 12.8 Å². The molecule has 0 saturated carbocycles. The van der Waals surface area contributed by atoms with Crippen LogP contribution in [0.25, 0.3) is 11.2 Å². The summed E-state index contributed by atoms with van der Waals surface area (Å²) in [5, 5.41) is 2.72. The van der Waals surface area contributed by atoms with Crippen LogP contribution in [0, 0.1) is 0 Å². The number of carbonyl (C=O) groups excluding carboxylic acids is 2. The van der Waals surface area contributed by atoms with Crippen molar-refractivity contribution in [1.82, 2.24) is 23.9 Å². The number of anilines is 1. The number of hydrogen-bond acceptors (Lipinski definition) is 7. The maximum atomic E-state index is 12.6. The fraction of sp³-hybridized carbons (Fsp3) is 0.417. The van der Waals surface area contributed by atoms with Crippen molar-refractivity contribution >= 4 is 28.8 Å². The predicted octanol–water partition coefficient (Wildman–Crippen LogP) is 1.18. The van der Waals surface area contributed by atoms with Crippen molar-refractivity contribution in [1.29, 1.82) is 0 Å². The number of methoxy groups -OCH3 is 1. The Morgan fingerprint density at radius 3 is 2.31 bits per heavy atom. The normalized spacial score (nSPS) is 14.2. The van der Waals surface area contributed by atoms with E-state index in [0.29, 0.717) is 49.9 Å². The zero-order chi connectivity index (χ0) is 24.9. The molecule has 2 aromatic heterocycles. The van der Waals surface area contributed by atoms with Gasteiger partial charge in [0.2, 0.25) is 11.8 Å². The van der Waals surface area contributed by atoms with Crippen molar-refractivity contribution in [2.75, 3.05) is 45.3 Å². The van der Waals surface area contributed by atoms with Gasteiger partial charge >= 0.3 is 5.69 Å². The molecule has 1 fully saturated rings. The fourth-order valence-corrected chi connectivity index (χ4v) is 3.99. The monoisotopic (exact) mass is 482 g/mol. The van der Waals surface area contributed by atoms with Crippen LogP contribution in [0.5, 0.6) is 11.5 Å². The summed E-state index contributed by atoms with van der Waals surface area (Å²) >= 11 is 0. The average Bonchev–Trinajstić information content (AvgIpc) is 3.10. The number of nitrogens with one attached hydrogen (secondary N) is 1. The SMILES string of the molecule is COc1ccc(OCN2CCN(C(=O)CCC(=O)Nc3ccc4c(n3)n(C)c(=O)n4C)CC2)cc1. The van der Waals surface area contributed by atoms with Gasteiger partial charge in [0.15, 0.2) is 5.65 Å². The molecule has 1 aromatic carbocycles. The first-order chi connectivity index (χ1) is 16.9. The topological polar surface area (TPSA) is 111 Å². The van der Waals surface area contributed by atoms with Crippen molar-refractivity contribution in [3.63, 3.8) is 0 Å². The molecule has 186 valence electrons. The van der Waals surface area contributed by atoms with Crippen molar-refractivity contribution in [2.24, 2.45) is 14.1 Å². The van der Waals surface area contributed by atoms with Gasteiger partial charge in [0.05, 0.1) is 12.6 Å². The minimum absolute atomic E-state index is 0.0512. The van der Waals surface area contributed by atoms with E-state index in [-0.39, 0.29) is 30.3 Å². The molecule has 3 aromatic rings. The second-order valence-electron chi connectivity index (χ2n) is 8.44. The summed E-state index contributed by atoms with van der Waals surface area (Å²) in [5.41, 5.74) is 0.980. The number of benzene rings is 1. The molecule has 0 radical (unpaired) electrons. The van der Waals surface area contributed by atoms with Crippen molar-refractivity contribution in [3.05, 3.63) is 46.9 Å². The molecule has 2 amide bonds. The lowest BCUT2D eigenvalue weighted by molar-refractivity contribution is -0.134. The van der Waals surface area contributed by atoms with Crippen molar-refractivity contribution in [3.8, 4) is 11.5 Å². The summed E-state index contributed by atoms with van der Waals surface area (Å²) in [6.45, 7) is 3.03. The molecule has 35 heavy (non-hydrogen) atoms. The quantitative estimate of drug-likeness (QED) is 0.513. The summed E-state index contributed by atoms with van der Waals surface area (Å²) in [6, 6.07) is 10.8. The average molecular weight is 483 g/mol. The van der Waals surface area contributed by atoms with Gasteiger partial charge in [-0.25, -0.2) is 9.78 Å². The molecule has 0 bridgehead atoms. The second kappa shape index (κ2) is 10.6. The minimum atomic E-state index is -0.294. The molecule has 0 aliphatic carbocycles. The zero-order valence-corrected chi connectivity index (χ0v) is 20.2. The predicted molar refractivity (Wildman–Crippen MR) is 130 cm³/mol. The summed E-state index contributed by atoms with van der Waals surface area (Å²) in [6.07, 6.45) is 0.188. The number of amides is 2. The van der Waals surface area contributed by atoms with Gasteiger partial charge in [0, 0.05) is 53.1 Å². The third-order valence-electron chi connectivity index (χ3n) is 6.14. The van der Waals surface area contributed by atoms with Gasteiger partial charge in [0.25, 0.3) is 0 Å². The molecule has 3 heterocycles. The lowest BCUT2D eigenvalue weighted by atomic mass is 10.2. The van der Waals surface area contributed by atoms with E-state index in [1.54, 1.807) is 38.2 Å². The number of piperazine rings is 1. The van der Waals surface area contributed by atoms with Crippen LogP contribution in [0.4, 0.5) is 5.82 Å². The second-order valence-corrected chi connectivity index (χ2v) is 8.44. The number of pyridine rings is 1. The van der Waals surface area contributed by atoms with E-state index in [2.05, 4.69) is 15.2 Å². The zero-order valence-electron chi connectivity index (χ0n) is 20.2. The van der Waals surface area contributed by atoms with Gasteiger partial charge in [-0.3, -0.25) is 23.6 Å². The van der Waals surface area contributed by atoms with E-state index in [4.69, 9.17) is 9.47 Å². The Balaban J connectivity index is 1.20. The van der Waals surface area contributed by atoms with Gasteiger partial charge in [0.1, 0.15) is 24.0 Å². The molecule has 1 aliphatic rings. The molecule has 1 saturated heterocycles. The Kier molecular flexibility index (Phi) is 7.35. The van der Waals surface area contributed by atoms with Gasteiger partial charge in [-0.15, -0.1) is 0 Å². The third kappa shape index (κ3) is 5.62. The number of imidazole rings is 1. The highest BCUT2D eigenvalue weighted by Crippen LogP contribution is 2.18. The third-order valence-corrected chi connectivity index (χ3v) is 6.14. The number of nitrogens with zero attached hydrogens (tertiary/aromatic N) is 5. The van der Waals surface area contributed by atoms with Gasteiger partial charge < -0.3 is 19.7 Å². The molecular formula is C24H30N6O5. The number of fused-ring (bicyclic) bond motifs is 1. The highest BCUT2D eigenvalue weighted by atomic mass is 16.5. The van der Waals surface area contributed by atoms with E-state index in [1.807, 2.05) is 24.3 Å². The smallest absolute Gasteiger partial charge is 0.329 e. The molecule has 4 rings (SSSR count). The molecule has 0 unspecified atom stereocenters. The van der Waals surface area contributed by atoms with Crippen LogP contribution in [0.2, 0.25) is 0 Å². The van der Waals surface area contributed by atoms with Gasteiger partial charge in [-0.2, -0.15) is 0 Å². The van der Waals surface area contributed by atoms with Crippen molar-refractivity contribution in [2.45, 2.75) is 12.8 Å². The first kappa shape index (κ1) is 24.3. The molecular weight excluding hydrogens is 452 g/mol. The Hall–Kier alpha value is -3.86. The number of carbonyl (C=O) groups is 2. The van der Waals surface area contributed by atoms with Gasteiger partial charge in [-0.05, 0) is 36.4 Å². The Labute approximate surface area is 202 Å². The lowest BCUT2D eigenvalue weighted by Crippen LogP contribution is -2.49. The number of hydrogen-bond donors (Lipinski definition) is 1. The number of aryl methyl sites for hydroxylation is 2. The van der Waals surface area contributed by atoms with Crippen LogP contribution >= 0.6 is 0 Å².